The molecule has 7 nitrogen and oxygen atoms in total. The van der Waals surface area contributed by atoms with Crippen LogP contribution in [-0.4, -0.2) is 56.2 Å². The van der Waals surface area contributed by atoms with Crippen LogP contribution in [0.4, 0.5) is 15.8 Å². The molecule has 156 valence electrons. The molecule has 0 radical (unpaired) electrons. The zero-order valence-corrected chi connectivity index (χ0v) is 16.4. The van der Waals surface area contributed by atoms with E-state index in [1.807, 2.05) is 17.0 Å². The third-order valence-electron chi connectivity index (χ3n) is 5.93. The summed E-state index contributed by atoms with van der Waals surface area (Å²) in [6.07, 6.45) is 0.195. The number of hydrogen-bond donors (Lipinski definition) is 0. The van der Waals surface area contributed by atoms with Gasteiger partial charge in [-0.05, 0) is 24.3 Å². The lowest BCUT2D eigenvalue weighted by Crippen LogP contribution is -2.51. The highest BCUT2D eigenvalue weighted by Crippen LogP contribution is 2.37. The van der Waals surface area contributed by atoms with Crippen LogP contribution in [0.3, 0.4) is 0 Å². The van der Waals surface area contributed by atoms with E-state index in [1.54, 1.807) is 34.1 Å². The number of piperazine rings is 1. The Kier molecular flexibility index (Phi) is 4.69. The predicted octanol–water partition coefficient (Wildman–Crippen LogP) is 2.26. The third kappa shape index (κ3) is 3.32. The van der Waals surface area contributed by atoms with Crippen LogP contribution in [0, 0.1) is 11.7 Å². The summed E-state index contributed by atoms with van der Waals surface area (Å²) in [6.45, 7) is 2.69. The SMILES string of the molecule is O=C([C@@H]1CC(=O)N(c2ccc3c(c2)OCO3)C1)N1CCN(c2ccccc2F)CC1. The number of nitrogens with zero attached hydrogens (tertiary/aromatic N) is 3. The Balaban J connectivity index is 1.22. The lowest BCUT2D eigenvalue weighted by molar-refractivity contribution is -0.136. The first-order valence-corrected chi connectivity index (χ1v) is 10.1. The van der Waals surface area contributed by atoms with E-state index in [-0.39, 0.29) is 36.8 Å². The second kappa shape index (κ2) is 7.51. The van der Waals surface area contributed by atoms with E-state index in [2.05, 4.69) is 0 Å². The van der Waals surface area contributed by atoms with Crippen LogP contribution in [0.15, 0.2) is 42.5 Å². The highest BCUT2D eigenvalue weighted by atomic mass is 19.1. The summed E-state index contributed by atoms with van der Waals surface area (Å²) in [5.41, 5.74) is 1.28. The fourth-order valence-electron chi connectivity index (χ4n) is 4.31. The van der Waals surface area contributed by atoms with E-state index < -0.39 is 0 Å². The molecule has 5 rings (SSSR count). The van der Waals surface area contributed by atoms with Crippen LogP contribution in [0.1, 0.15) is 6.42 Å². The van der Waals surface area contributed by atoms with E-state index in [0.717, 1.165) is 0 Å². The predicted molar refractivity (Wildman–Crippen MR) is 108 cm³/mol. The smallest absolute Gasteiger partial charge is 0.231 e. The molecule has 0 aliphatic carbocycles. The van der Waals surface area contributed by atoms with Gasteiger partial charge in [-0.2, -0.15) is 0 Å². The van der Waals surface area contributed by atoms with Crippen molar-refractivity contribution in [3.05, 3.63) is 48.3 Å². The van der Waals surface area contributed by atoms with Crippen molar-refractivity contribution >= 4 is 23.2 Å². The van der Waals surface area contributed by atoms with Crippen LogP contribution in [0.2, 0.25) is 0 Å². The Morgan fingerprint density at radius 2 is 1.77 bits per heavy atom. The molecule has 0 unspecified atom stereocenters. The molecule has 2 amide bonds. The largest absolute Gasteiger partial charge is 0.454 e. The summed E-state index contributed by atoms with van der Waals surface area (Å²) in [5.74, 6) is 0.558. The monoisotopic (exact) mass is 411 g/mol. The minimum absolute atomic E-state index is 0.0141. The lowest BCUT2D eigenvalue weighted by atomic mass is 10.1. The van der Waals surface area contributed by atoms with E-state index in [4.69, 9.17) is 9.47 Å². The van der Waals surface area contributed by atoms with Gasteiger partial charge in [0.2, 0.25) is 18.6 Å². The Bertz CT molecular complexity index is 990. The first-order chi connectivity index (χ1) is 14.6. The summed E-state index contributed by atoms with van der Waals surface area (Å²) in [6, 6.07) is 12.0. The molecule has 2 saturated heterocycles. The van der Waals surface area contributed by atoms with Gasteiger partial charge in [0.25, 0.3) is 0 Å². The van der Waals surface area contributed by atoms with Gasteiger partial charge in [-0.1, -0.05) is 12.1 Å². The first kappa shape index (κ1) is 18.7. The zero-order chi connectivity index (χ0) is 20.7. The molecule has 0 spiro atoms. The molecule has 3 aliphatic heterocycles. The number of carbonyl (C=O) groups is 2. The normalized spacial score (nSPS) is 20.8. The quantitative estimate of drug-likeness (QED) is 0.776. The summed E-state index contributed by atoms with van der Waals surface area (Å²) >= 11 is 0. The molecule has 2 fully saturated rings. The highest BCUT2D eigenvalue weighted by Gasteiger charge is 2.38. The lowest BCUT2D eigenvalue weighted by Gasteiger charge is -2.37. The van der Waals surface area contributed by atoms with Gasteiger partial charge in [0.1, 0.15) is 5.82 Å². The average molecular weight is 411 g/mol. The van der Waals surface area contributed by atoms with Crippen molar-refractivity contribution in [2.45, 2.75) is 6.42 Å². The molecule has 3 heterocycles. The Hall–Kier alpha value is -3.29. The van der Waals surface area contributed by atoms with Crippen LogP contribution < -0.4 is 19.3 Å². The maximum absolute atomic E-state index is 14.0. The van der Waals surface area contributed by atoms with Crippen LogP contribution in [-0.2, 0) is 9.59 Å². The number of amides is 2. The summed E-state index contributed by atoms with van der Waals surface area (Å²) < 4.78 is 24.7. The average Bonchev–Trinajstić information content (AvgIpc) is 3.39. The van der Waals surface area contributed by atoms with Crippen molar-refractivity contribution in [2.75, 3.05) is 49.3 Å². The minimum atomic E-state index is -0.372. The van der Waals surface area contributed by atoms with E-state index >= 15 is 0 Å². The van der Waals surface area contributed by atoms with Crippen molar-refractivity contribution in [1.82, 2.24) is 4.90 Å². The maximum Gasteiger partial charge on any atom is 0.231 e. The molecular weight excluding hydrogens is 389 g/mol. The second-order valence-electron chi connectivity index (χ2n) is 7.71. The minimum Gasteiger partial charge on any atom is -0.454 e. The van der Waals surface area contributed by atoms with Gasteiger partial charge in [-0.25, -0.2) is 4.39 Å². The number of benzene rings is 2. The van der Waals surface area contributed by atoms with Crippen molar-refractivity contribution < 1.29 is 23.5 Å². The number of anilines is 2. The Labute approximate surface area is 173 Å². The summed E-state index contributed by atoms with van der Waals surface area (Å²) in [7, 11) is 0. The van der Waals surface area contributed by atoms with Gasteiger partial charge in [0.15, 0.2) is 11.5 Å². The van der Waals surface area contributed by atoms with Gasteiger partial charge >= 0.3 is 0 Å². The van der Waals surface area contributed by atoms with Crippen molar-refractivity contribution in [3.8, 4) is 11.5 Å². The number of para-hydroxylation sites is 1. The number of hydrogen-bond acceptors (Lipinski definition) is 5. The molecule has 0 saturated carbocycles. The number of ether oxygens (including phenoxy) is 2. The number of fused-ring (bicyclic) bond motifs is 1. The number of carbonyl (C=O) groups excluding carboxylic acids is 2. The zero-order valence-electron chi connectivity index (χ0n) is 16.4. The van der Waals surface area contributed by atoms with Gasteiger partial charge in [-0.15, -0.1) is 0 Å². The molecule has 3 aliphatic rings. The Morgan fingerprint density at radius 3 is 2.57 bits per heavy atom. The molecule has 8 heteroatoms. The van der Waals surface area contributed by atoms with Crippen molar-refractivity contribution in [1.29, 1.82) is 0 Å². The fourth-order valence-corrected chi connectivity index (χ4v) is 4.31. The molecule has 30 heavy (non-hydrogen) atoms. The summed E-state index contributed by atoms with van der Waals surface area (Å²) in [5, 5.41) is 0. The highest BCUT2D eigenvalue weighted by molar-refractivity contribution is 6.00. The second-order valence-corrected chi connectivity index (χ2v) is 7.71. The molecule has 2 aromatic rings. The molecule has 2 aromatic carbocycles. The van der Waals surface area contributed by atoms with E-state index in [0.29, 0.717) is 55.6 Å². The molecule has 0 bridgehead atoms. The van der Waals surface area contributed by atoms with Crippen LogP contribution in [0.5, 0.6) is 11.5 Å². The topological polar surface area (TPSA) is 62.3 Å². The van der Waals surface area contributed by atoms with Crippen LogP contribution in [0.25, 0.3) is 0 Å². The van der Waals surface area contributed by atoms with E-state index in [1.165, 1.54) is 6.07 Å². The third-order valence-corrected chi connectivity index (χ3v) is 5.93. The molecule has 0 aromatic heterocycles. The maximum atomic E-state index is 14.0. The van der Waals surface area contributed by atoms with Gasteiger partial charge in [-0.3, -0.25) is 9.59 Å². The number of rotatable bonds is 3. The molecular formula is C22H22FN3O4. The Morgan fingerprint density at radius 1 is 1.00 bits per heavy atom. The van der Waals surface area contributed by atoms with E-state index in [9.17, 15) is 14.0 Å². The van der Waals surface area contributed by atoms with Crippen molar-refractivity contribution in [3.63, 3.8) is 0 Å². The van der Waals surface area contributed by atoms with Gasteiger partial charge in [0, 0.05) is 50.9 Å². The molecule has 0 N–H and O–H groups in total. The summed E-state index contributed by atoms with van der Waals surface area (Å²) in [4.78, 5) is 31.0. The van der Waals surface area contributed by atoms with Crippen LogP contribution >= 0.6 is 0 Å². The van der Waals surface area contributed by atoms with Crippen molar-refractivity contribution in [2.24, 2.45) is 5.92 Å². The number of halogens is 1. The standard InChI is InChI=1S/C22H22FN3O4/c23-17-3-1-2-4-18(17)24-7-9-25(10-8-24)22(28)15-11-21(27)26(13-15)16-5-6-19-20(12-16)30-14-29-19/h1-6,12,15H,7-11,13-14H2/t15-/m1/s1. The van der Waals surface area contributed by atoms with Gasteiger partial charge in [0.05, 0.1) is 11.6 Å². The van der Waals surface area contributed by atoms with Gasteiger partial charge < -0.3 is 24.2 Å². The fraction of sp³-hybridized carbons (Fsp3) is 0.364. The molecule has 1 atom stereocenters. The first-order valence-electron chi connectivity index (χ1n) is 10.1.